The van der Waals surface area contributed by atoms with Crippen molar-refractivity contribution >= 4 is 17.5 Å². The van der Waals surface area contributed by atoms with Crippen molar-refractivity contribution in [1.82, 2.24) is 10.2 Å². The van der Waals surface area contributed by atoms with Crippen LogP contribution in [0.15, 0.2) is 30.3 Å². The molecule has 158 valence electrons. The van der Waals surface area contributed by atoms with E-state index in [9.17, 15) is 9.59 Å². The predicted octanol–water partition coefficient (Wildman–Crippen LogP) is 2.33. The Hall–Kier alpha value is -2.43. The summed E-state index contributed by atoms with van der Waals surface area (Å²) in [5, 5.41) is 11.7. The lowest BCUT2D eigenvalue weighted by Gasteiger charge is -2.35. The summed E-state index contributed by atoms with van der Waals surface area (Å²) in [5.41, 5.74) is 0.752. The SMILES string of the molecule is CC1CN(CCCNC(=O)CCC(=O)N(CCC#N)c2ccccc2)CC(C)O1. The molecule has 0 aliphatic carbocycles. The van der Waals surface area contributed by atoms with Gasteiger partial charge in [0.15, 0.2) is 0 Å². The lowest BCUT2D eigenvalue weighted by Crippen LogP contribution is -2.46. The number of nitrogens with one attached hydrogen (secondary N) is 1. The van der Waals surface area contributed by atoms with Crippen LogP contribution in [0, 0.1) is 11.3 Å². The molecule has 1 aromatic carbocycles. The van der Waals surface area contributed by atoms with Gasteiger partial charge in [0.05, 0.1) is 24.7 Å². The highest BCUT2D eigenvalue weighted by Gasteiger charge is 2.21. The summed E-state index contributed by atoms with van der Waals surface area (Å²) in [6, 6.07) is 11.3. The van der Waals surface area contributed by atoms with E-state index in [1.165, 1.54) is 0 Å². The topological polar surface area (TPSA) is 85.7 Å². The van der Waals surface area contributed by atoms with E-state index in [2.05, 4.69) is 30.1 Å². The number of benzene rings is 1. The molecule has 0 bridgehead atoms. The molecule has 0 aromatic heterocycles. The van der Waals surface area contributed by atoms with Crippen LogP contribution in [0.5, 0.6) is 0 Å². The first-order valence-corrected chi connectivity index (χ1v) is 10.4. The van der Waals surface area contributed by atoms with E-state index < -0.39 is 0 Å². The Bertz CT molecular complexity index is 679. The molecule has 0 spiro atoms. The van der Waals surface area contributed by atoms with E-state index in [0.717, 1.165) is 31.7 Å². The molecule has 1 heterocycles. The van der Waals surface area contributed by atoms with Gasteiger partial charge in [-0.25, -0.2) is 0 Å². The van der Waals surface area contributed by atoms with Crippen molar-refractivity contribution in [2.75, 3.05) is 37.6 Å². The first kappa shape index (κ1) is 22.9. The molecular weight excluding hydrogens is 368 g/mol. The van der Waals surface area contributed by atoms with Crippen molar-refractivity contribution in [3.05, 3.63) is 30.3 Å². The number of ether oxygens (including phenoxy) is 1. The minimum atomic E-state index is -0.141. The van der Waals surface area contributed by atoms with Crippen molar-refractivity contribution in [2.24, 2.45) is 0 Å². The van der Waals surface area contributed by atoms with Crippen LogP contribution in [-0.2, 0) is 14.3 Å². The number of morpholine rings is 1. The van der Waals surface area contributed by atoms with Crippen LogP contribution in [0.3, 0.4) is 0 Å². The third-order valence-electron chi connectivity index (χ3n) is 4.85. The van der Waals surface area contributed by atoms with Crippen LogP contribution in [0.25, 0.3) is 0 Å². The molecule has 7 heteroatoms. The molecule has 29 heavy (non-hydrogen) atoms. The van der Waals surface area contributed by atoms with Crippen molar-refractivity contribution in [1.29, 1.82) is 5.26 Å². The van der Waals surface area contributed by atoms with Gasteiger partial charge in [0.25, 0.3) is 0 Å². The normalized spacial score (nSPS) is 19.3. The van der Waals surface area contributed by atoms with Gasteiger partial charge in [-0.05, 0) is 32.4 Å². The number of nitrogens with zero attached hydrogens (tertiary/aromatic N) is 3. The Morgan fingerprint density at radius 2 is 1.90 bits per heavy atom. The fourth-order valence-corrected chi connectivity index (χ4v) is 3.61. The van der Waals surface area contributed by atoms with Crippen LogP contribution < -0.4 is 10.2 Å². The fourth-order valence-electron chi connectivity index (χ4n) is 3.61. The van der Waals surface area contributed by atoms with Crippen LogP contribution in [0.2, 0.25) is 0 Å². The summed E-state index contributed by atoms with van der Waals surface area (Å²) >= 11 is 0. The zero-order valence-electron chi connectivity index (χ0n) is 17.5. The highest BCUT2D eigenvalue weighted by molar-refractivity contribution is 5.95. The van der Waals surface area contributed by atoms with Gasteiger partial charge in [-0.2, -0.15) is 5.26 Å². The first-order valence-electron chi connectivity index (χ1n) is 10.4. The Balaban J connectivity index is 1.69. The third kappa shape index (κ3) is 8.22. The second kappa shape index (κ2) is 12.2. The Morgan fingerprint density at radius 3 is 2.55 bits per heavy atom. The van der Waals surface area contributed by atoms with Crippen molar-refractivity contribution < 1.29 is 14.3 Å². The monoisotopic (exact) mass is 400 g/mol. The molecule has 0 saturated carbocycles. The minimum absolute atomic E-state index is 0.115. The standard InChI is InChI=1S/C22H32N4O3/c1-18-16-25(17-19(2)29-18)14-7-13-24-21(27)10-11-22(28)26(15-6-12-23)20-8-4-3-5-9-20/h3-5,8-9,18-19H,6-7,10-11,13-17H2,1-2H3,(H,24,27). The van der Waals surface area contributed by atoms with Gasteiger partial charge in [0.2, 0.25) is 11.8 Å². The minimum Gasteiger partial charge on any atom is -0.373 e. The Kier molecular flexibility index (Phi) is 9.62. The average Bonchev–Trinajstić information content (AvgIpc) is 2.70. The molecule has 1 fully saturated rings. The van der Waals surface area contributed by atoms with Gasteiger partial charge in [-0.15, -0.1) is 0 Å². The molecule has 1 saturated heterocycles. The van der Waals surface area contributed by atoms with Gasteiger partial charge < -0.3 is 15.0 Å². The summed E-state index contributed by atoms with van der Waals surface area (Å²) in [4.78, 5) is 28.6. The molecule has 2 atom stereocenters. The molecule has 2 unspecified atom stereocenters. The van der Waals surface area contributed by atoms with Crippen molar-refractivity contribution in [2.45, 2.75) is 51.7 Å². The van der Waals surface area contributed by atoms with Gasteiger partial charge in [0.1, 0.15) is 0 Å². The van der Waals surface area contributed by atoms with Crippen LogP contribution in [0.4, 0.5) is 5.69 Å². The number of nitriles is 1. The lowest BCUT2D eigenvalue weighted by atomic mass is 10.2. The van der Waals surface area contributed by atoms with E-state index >= 15 is 0 Å². The zero-order valence-corrected chi connectivity index (χ0v) is 17.5. The van der Waals surface area contributed by atoms with E-state index in [1.807, 2.05) is 30.3 Å². The van der Waals surface area contributed by atoms with E-state index in [4.69, 9.17) is 10.00 Å². The molecule has 1 aliphatic heterocycles. The maximum Gasteiger partial charge on any atom is 0.227 e. The van der Waals surface area contributed by atoms with Gasteiger partial charge in [-0.3, -0.25) is 14.5 Å². The molecule has 1 aromatic rings. The zero-order chi connectivity index (χ0) is 21.1. The summed E-state index contributed by atoms with van der Waals surface area (Å²) < 4.78 is 5.73. The summed E-state index contributed by atoms with van der Waals surface area (Å²) in [5.74, 6) is -0.256. The Labute approximate surface area is 173 Å². The number of rotatable bonds is 10. The quantitative estimate of drug-likeness (QED) is 0.609. The lowest BCUT2D eigenvalue weighted by molar-refractivity contribution is -0.125. The van der Waals surface area contributed by atoms with E-state index in [0.29, 0.717) is 13.1 Å². The number of carbonyl (C=O) groups excluding carboxylic acids is 2. The van der Waals surface area contributed by atoms with E-state index in [-0.39, 0.29) is 43.3 Å². The largest absolute Gasteiger partial charge is 0.373 e. The number of hydrogen-bond acceptors (Lipinski definition) is 5. The van der Waals surface area contributed by atoms with Crippen molar-refractivity contribution in [3.63, 3.8) is 0 Å². The van der Waals surface area contributed by atoms with Crippen LogP contribution in [-0.4, -0.2) is 61.6 Å². The van der Waals surface area contributed by atoms with Crippen LogP contribution in [0.1, 0.15) is 39.5 Å². The molecule has 1 aliphatic rings. The summed E-state index contributed by atoms with van der Waals surface area (Å²) in [6.45, 7) is 7.86. The molecule has 1 N–H and O–H groups in total. The van der Waals surface area contributed by atoms with Gasteiger partial charge >= 0.3 is 0 Å². The average molecular weight is 401 g/mol. The maximum atomic E-state index is 12.6. The Morgan fingerprint density at radius 1 is 1.21 bits per heavy atom. The molecule has 2 rings (SSSR count). The number of anilines is 1. The molecular formula is C22H32N4O3. The first-order chi connectivity index (χ1) is 14.0. The fraction of sp³-hybridized carbons (Fsp3) is 0.591. The second-order valence-electron chi connectivity index (χ2n) is 7.51. The highest BCUT2D eigenvalue weighted by Crippen LogP contribution is 2.15. The van der Waals surface area contributed by atoms with Gasteiger partial charge in [-0.1, -0.05) is 18.2 Å². The van der Waals surface area contributed by atoms with Gasteiger partial charge in [0, 0.05) is 51.3 Å². The molecule has 2 amide bonds. The third-order valence-corrected chi connectivity index (χ3v) is 4.85. The molecule has 7 nitrogen and oxygen atoms in total. The predicted molar refractivity (Wildman–Crippen MR) is 112 cm³/mol. The highest BCUT2D eigenvalue weighted by atomic mass is 16.5. The number of para-hydroxylation sites is 1. The van der Waals surface area contributed by atoms with E-state index in [1.54, 1.807) is 4.90 Å². The number of carbonyl (C=O) groups is 2. The summed E-state index contributed by atoms with van der Waals surface area (Å²) in [7, 11) is 0. The van der Waals surface area contributed by atoms with Crippen molar-refractivity contribution in [3.8, 4) is 6.07 Å². The summed E-state index contributed by atoms with van der Waals surface area (Å²) in [6.07, 6.45) is 1.90. The second-order valence-corrected chi connectivity index (χ2v) is 7.51. The van der Waals surface area contributed by atoms with Crippen LogP contribution >= 0.6 is 0 Å². The number of amides is 2. The number of hydrogen-bond donors (Lipinski definition) is 1. The maximum absolute atomic E-state index is 12.6. The smallest absolute Gasteiger partial charge is 0.227 e. The molecule has 0 radical (unpaired) electrons.